The number of ether oxygens (including phenoxy) is 1. The van der Waals surface area contributed by atoms with Gasteiger partial charge in [0.1, 0.15) is 16.6 Å². The van der Waals surface area contributed by atoms with Crippen molar-refractivity contribution in [1.29, 1.82) is 0 Å². The Morgan fingerprint density at radius 1 is 1.07 bits per heavy atom. The number of methoxy groups -OCH3 is 1. The Bertz CT molecular complexity index is 1040. The van der Waals surface area contributed by atoms with E-state index in [1.54, 1.807) is 30.7 Å². The van der Waals surface area contributed by atoms with Gasteiger partial charge in [-0.1, -0.05) is 24.3 Å². The van der Waals surface area contributed by atoms with Crippen molar-refractivity contribution in [1.82, 2.24) is 9.97 Å². The first kappa shape index (κ1) is 17.2. The van der Waals surface area contributed by atoms with Gasteiger partial charge >= 0.3 is 0 Å². The van der Waals surface area contributed by atoms with E-state index in [1.165, 1.54) is 0 Å². The largest absolute Gasteiger partial charge is 0.497 e. The molecule has 0 atom stereocenters. The number of nitrogens with one attached hydrogen (secondary N) is 1. The Morgan fingerprint density at radius 2 is 1.89 bits per heavy atom. The lowest BCUT2D eigenvalue weighted by atomic mass is 10.1. The summed E-state index contributed by atoms with van der Waals surface area (Å²) in [5.74, 6) is 1.19. The minimum Gasteiger partial charge on any atom is -0.497 e. The topological polar surface area (TPSA) is 64.1 Å². The molecule has 1 amide bonds. The number of pyridine rings is 1. The summed E-state index contributed by atoms with van der Waals surface area (Å²) in [5, 5.41) is 3.74. The lowest BCUT2D eigenvalue weighted by Gasteiger charge is -2.06. The summed E-state index contributed by atoms with van der Waals surface area (Å²) in [6.07, 6.45) is 2.02. The van der Waals surface area contributed by atoms with Gasteiger partial charge in [0, 0.05) is 11.8 Å². The fraction of sp³-hybridized carbons (Fsp3) is 0.0952. The van der Waals surface area contributed by atoms with Crippen molar-refractivity contribution in [3.63, 3.8) is 0 Å². The molecule has 0 radical (unpaired) electrons. The first-order valence-electron chi connectivity index (χ1n) is 8.46. The molecule has 0 fully saturated rings. The van der Waals surface area contributed by atoms with Gasteiger partial charge in [-0.05, 0) is 42.0 Å². The van der Waals surface area contributed by atoms with Crippen molar-refractivity contribution in [3.8, 4) is 16.3 Å². The van der Waals surface area contributed by atoms with E-state index in [4.69, 9.17) is 4.74 Å². The number of hydrogen-bond acceptors (Lipinski definition) is 5. The highest BCUT2D eigenvalue weighted by Gasteiger charge is 2.08. The van der Waals surface area contributed by atoms with Gasteiger partial charge < -0.3 is 10.1 Å². The summed E-state index contributed by atoms with van der Waals surface area (Å²) >= 11 is 1.63. The Balaban J connectivity index is 1.43. The highest BCUT2D eigenvalue weighted by molar-refractivity contribution is 7.21. The number of hydrogen-bond donors (Lipinski definition) is 1. The molecule has 2 aromatic carbocycles. The molecule has 0 saturated carbocycles. The maximum absolute atomic E-state index is 12.2. The van der Waals surface area contributed by atoms with E-state index in [2.05, 4.69) is 21.4 Å². The van der Waals surface area contributed by atoms with Crippen molar-refractivity contribution < 1.29 is 9.53 Å². The van der Waals surface area contributed by atoms with Crippen LogP contribution in [0.1, 0.15) is 5.56 Å². The Hall–Kier alpha value is -3.25. The van der Waals surface area contributed by atoms with Gasteiger partial charge in [0.15, 0.2) is 0 Å². The molecule has 4 aromatic rings. The summed E-state index contributed by atoms with van der Waals surface area (Å²) in [4.78, 5) is 21.2. The van der Waals surface area contributed by atoms with Crippen molar-refractivity contribution >= 4 is 33.3 Å². The maximum Gasteiger partial charge on any atom is 0.229 e. The van der Waals surface area contributed by atoms with Crippen LogP contribution in [0.25, 0.3) is 20.8 Å². The third-order valence-electron chi connectivity index (χ3n) is 4.10. The van der Waals surface area contributed by atoms with Gasteiger partial charge in [-0.25, -0.2) is 9.97 Å². The average molecular weight is 375 g/mol. The van der Waals surface area contributed by atoms with Crippen LogP contribution in [0.3, 0.4) is 0 Å². The second kappa shape index (κ2) is 7.55. The lowest BCUT2D eigenvalue weighted by molar-refractivity contribution is -0.115. The van der Waals surface area contributed by atoms with E-state index in [9.17, 15) is 4.79 Å². The van der Waals surface area contributed by atoms with E-state index >= 15 is 0 Å². The van der Waals surface area contributed by atoms with Crippen LogP contribution in [0.2, 0.25) is 0 Å². The van der Waals surface area contributed by atoms with E-state index in [0.717, 1.165) is 32.1 Å². The van der Waals surface area contributed by atoms with Crippen LogP contribution in [0.4, 0.5) is 5.82 Å². The minimum atomic E-state index is -0.111. The number of amides is 1. The molecule has 0 unspecified atom stereocenters. The molecule has 134 valence electrons. The smallest absolute Gasteiger partial charge is 0.229 e. The molecule has 2 aromatic heterocycles. The summed E-state index contributed by atoms with van der Waals surface area (Å²) in [6.45, 7) is 0. The summed E-state index contributed by atoms with van der Waals surface area (Å²) < 4.78 is 6.26. The number of nitrogens with zero attached hydrogens (tertiary/aromatic N) is 2. The second-order valence-electron chi connectivity index (χ2n) is 5.99. The molecule has 4 rings (SSSR count). The van der Waals surface area contributed by atoms with Crippen molar-refractivity contribution in [2.75, 3.05) is 12.4 Å². The summed E-state index contributed by atoms with van der Waals surface area (Å²) in [6, 6.07) is 19.2. The van der Waals surface area contributed by atoms with E-state index in [1.807, 2.05) is 48.5 Å². The number of carbonyl (C=O) groups excluding carboxylic acids is 1. The van der Waals surface area contributed by atoms with Crippen molar-refractivity contribution in [2.24, 2.45) is 0 Å². The van der Waals surface area contributed by atoms with Crippen LogP contribution >= 0.6 is 11.3 Å². The molecular weight excluding hydrogens is 358 g/mol. The Labute approximate surface area is 160 Å². The quantitative estimate of drug-likeness (QED) is 0.556. The summed E-state index contributed by atoms with van der Waals surface area (Å²) in [7, 11) is 1.62. The first-order chi connectivity index (χ1) is 13.2. The standard InChI is InChI=1S/C21H17N3O2S/c1-26-16-9-6-14(7-10-16)12-20(25)24-19-11-8-15(13-22-19)21-23-17-4-2-3-5-18(17)27-21/h2-11,13H,12H2,1H3,(H,22,24,25). The number of thiazole rings is 1. The number of fused-ring (bicyclic) bond motifs is 1. The number of aromatic nitrogens is 2. The fourth-order valence-electron chi connectivity index (χ4n) is 2.71. The molecule has 0 aliphatic carbocycles. The molecule has 0 saturated heterocycles. The number of benzene rings is 2. The normalized spacial score (nSPS) is 10.7. The highest BCUT2D eigenvalue weighted by Crippen LogP contribution is 2.29. The maximum atomic E-state index is 12.2. The van der Waals surface area contributed by atoms with Gasteiger partial charge in [-0.15, -0.1) is 11.3 Å². The van der Waals surface area contributed by atoms with Crippen LogP contribution < -0.4 is 10.1 Å². The number of carbonyl (C=O) groups is 1. The predicted molar refractivity (Wildman–Crippen MR) is 108 cm³/mol. The van der Waals surface area contributed by atoms with Gasteiger partial charge in [-0.2, -0.15) is 0 Å². The van der Waals surface area contributed by atoms with Gasteiger partial charge in [0.25, 0.3) is 0 Å². The van der Waals surface area contributed by atoms with Gasteiger partial charge in [0.05, 0.1) is 23.7 Å². The first-order valence-corrected chi connectivity index (χ1v) is 9.28. The Kier molecular flexibility index (Phi) is 4.80. The van der Waals surface area contributed by atoms with Crippen LogP contribution in [-0.4, -0.2) is 23.0 Å². The third-order valence-corrected chi connectivity index (χ3v) is 5.18. The van der Waals surface area contributed by atoms with Gasteiger partial charge in [-0.3, -0.25) is 4.79 Å². The second-order valence-corrected chi connectivity index (χ2v) is 7.02. The highest BCUT2D eigenvalue weighted by atomic mass is 32.1. The van der Waals surface area contributed by atoms with Crippen molar-refractivity contribution in [3.05, 3.63) is 72.4 Å². The molecule has 27 heavy (non-hydrogen) atoms. The molecule has 0 spiro atoms. The third kappa shape index (κ3) is 3.96. The van der Waals surface area contributed by atoms with Crippen LogP contribution in [0.5, 0.6) is 5.75 Å². The fourth-order valence-corrected chi connectivity index (χ4v) is 3.66. The number of rotatable bonds is 5. The predicted octanol–water partition coefficient (Wildman–Crippen LogP) is 4.55. The van der Waals surface area contributed by atoms with Crippen molar-refractivity contribution in [2.45, 2.75) is 6.42 Å². The molecule has 5 nitrogen and oxygen atoms in total. The molecular formula is C21H17N3O2S. The van der Waals surface area contributed by atoms with E-state index in [0.29, 0.717) is 5.82 Å². The van der Waals surface area contributed by atoms with E-state index < -0.39 is 0 Å². The molecule has 2 heterocycles. The molecule has 0 bridgehead atoms. The Morgan fingerprint density at radius 3 is 2.59 bits per heavy atom. The number of para-hydroxylation sites is 1. The SMILES string of the molecule is COc1ccc(CC(=O)Nc2ccc(-c3nc4ccccc4s3)cn2)cc1. The monoisotopic (exact) mass is 375 g/mol. The lowest BCUT2D eigenvalue weighted by Crippen LogP contribution is -2.15. The van der Waals surface area contributed by atoms with E-state index in [-0.39, 0.29) is 12.3 Å². The van der Waals surface area contributed by atoms with Crippen LogP contribution in [-0.2, 0) is 11.2 Å². The van der Waals surface area contributed by atoms with Crippen LogP contribution in [0, 0.1) is 0 Å². The van der Waals surface area contributed by atoms with Crippen LogP contribution in [0.15, 0.2) is 66.9 Å². The molecule has 0 aliphatic rings. The molecule has 1 N–H and O–H groups in total. The zero-order valence-corrected chi connectivity index (χ0v) is 15.5. The zero-order chi connectivity index (χ0) is 18.6. The average Bonchev–Trinajstić information content (AvgIpc) is 3.13. The molecule has 6 heteroatoms. The molecule has 0 aliphatic heterocycles. The zero-order valence-electron chi connectivity index (χ0n) is 14.7. The number of anilines is 1. The van der Waals surface area contributed by atoms with Gasteiger partial charge in [0.2, 0.25) is 5.91 Å². The summed E-state index contributed by atoms with van der Waals surface area (Å²) in [5.41, 5.74) is 2.83. The minimum absolute atomic E-state index is 0.111.